The van der Waals surface area contributed by atoms with Gasteiger partial charge in [-0.1, -0.05) is 77.6 Å². The Balaban J connectivity index is 1.92. The van der Waals surface area contributed by atoms with E-state index in [4.69, 9.17) is 0 Å². The Morgan fingerprint density at radius 3 is 2.14 bits per heavy atom. The highest BCUT2D eigenvalue weighted by molar-refractivity contribution is 5.75. The van der Waals surface area contributed by atoms with Crippen molar-refractivity contribution in [2.24, 2.45) is 5.92 Å². The fourth-order valence-electron chi connectivity index (χ4n) is 3.43. The van der Waals surface area contributed by atoms with Crippen molar-refractivity contribution in [3.8, 4) is 0 Å². The standard InChI is InChI=1S/C19H37NO/c1-3-4-5-6-7-8-9-12-17-20(2)19(21)16-15-18-13-10-11-14-18/h18H,3-17H2,1-2H3. The third kappa shape index (κ3) is 9.16. The van der Waals surface area contributed by atoms with Crippen LogP contribution in [-0.2, 0) is 4.79 Å². The van der Waals surface area contributed by atoms with Gasteiger partial charge in [-0.3, -0.25) is 4.79 Å². The van der Waals surface area contributed by atoms with Crippen LogP contribution in [0.25, 0.3) is 0 Å². The molecule has 124 valence electrons. The van der Waals surface area contributed by atoms with E-state index in [-0.39, 0.29) is 0 Å². The van der Waals surface area contributed by atoms with E-state index in [1.807, 2.05) is 11.9 Å². The van der Waals surface area contributed by atoms with Crippen molar-refractivity contribution >= 4 is 5.91 Å². The van der Waals surface area contributed by atoms with Crippen LogP contribution in [0.5, 0.6) is 0 Å². The zero-order chi connectivity index (χ0) is 15.3. The Hall–Kier alpha value is -0.530. The van der Waals surface area contributed by atoms with Gasteiger partial charge in [-0.2, -0.15) is 0 Å². The van der Waals surface area contributed by atoms with Gasteiger partial charge in [0, 0.05) is 20.0 Å². The molecule has 2 heteroatoms. The van der Waals surface area contributed by atoms with Crippen LogP contribution < -0.4 is 0 Å². The Labute approximate surface area is 132 Å². The quantitative estimate of drug-likeness (QED) is 0.432. The monoisotopic (exact) mass is 295 g/mol. The Bertz CT molecular complexity index is 258. The Morgan fingerprint density at radius 2 is 1.52 bits per heavy atom. The number of carbonyl (C=O) groups is 1. The van der Waals surface area contributed by atoms with Crippen LogP contribution in [0, 0.1) is 5.92 Å². The van der Waals surface area contributed by atoms with Gasteiger partial charge in [0.1, 0.15) is 0 Å². The molecule has 21 heavy (non-hydrogen) atoms. The molecule has 2 nitrogen and oxygen atoms in total. The summed E-state index contributed by atoms with van der Waals surface area (Å²) in [4.78, 5) is 14.0. The number of amides is 1. The van der Waals surface area contributed by atoms with E-state index >= 15 is 0 Å². The second-order valence-electron chi connectivity index (χ2n) is 6.98. The number of rotatable bonds is 12. The summed E-state index contributed by atoms with van der Waals surface area (Å²) in [7, 11) is 1.98. The third-order valence-corrected chi connectivity index (χ3v) is 5.01. The van der Waals surface area contributed by atoms with Crippen molar-refractivity contribution < 1.29 is 4.79 Å². The van der Waals surface area contributed by atoms with E-state index in [0.29, 0.717) is 5.91 Å². The number of unbranched alkanes of at least 4 members (excludes halogenated alkanes) is 7. The first-order valence-electron chi connectivity index (χ1n) is 9.48. The van der Waals surface area contributed by atoms with Crippen LogP contribution in [0.2, 0.25) is 0 Å². The molecule has 0 aromatic carbocycles. The molecule has 1 aliphatic carbocycles. The Kier molecular flexibility index (Phi) is 10.6. The molecule has 1 amide bonds. The summed E-state index contributed by atoms with van der Waals surface area (Å²) in [5.41, 5.74) is 0. The van der Waals surface area contributed by atoms with Gasteiger partial charge < -0.3 is 4.90 Å². The van der Waals surface area contributed by atoms with E-state index in [9.17, 15) is 4.79 Å². The van der Waals surface area contributed by atoms with E-state index < -0.39 is 0 Å². The molecule has 0 aliphatic heterocycles. The topological polar surface area (TPSA) is 20.3 Å². The van der Waals surface area contributed by atoms with Crippen LogP contribution >= 0.6 is 0 Å². The lowest BCUT2D eigenvalue weighted by atomic mass is 10.0. The SMILES string of the molecule is CCCCCCCCCCN(C)C(=O)CCC1CCCC1. The van der Waals surface area contributed by atoms with Crippen molar-refractivity contribution in [2.45, 2.75) is 96.8 Å². The number of carbonyl (C=O) groups excluding carboxylic acids is 1. The first kappa shape index (κ1) is 18.5. The minimum atomic E-state index is 0.366. The van der Waals surface area contributed by atoms with Gasteiger partial charge in [-0.25, -0.2) is 0 Å². The summed E-state index contributed by atoms with van der Waals surface area (Å²) < 4.78 is 0. The van der Waals surface area contributed by atoms with Crippen LogP contribution in [0.3, 0.4) is 0 Å². The molecule has 0 N–H and O–H groups in total. The summed E-state index contributed by atoms with van der Waals surface area (Å²) in [6, 6.07) is 0. The molecule has 0 aromatic rings. The molecular formula is C19H37NO. The maximum Gasteiger partial charge on any atom is 0.222 e. The zero-order valence-electron chi connectivity index (χ0n) is 14.5. The van der Waals surface area contributed by atoms with Crippen LogP contribution in [0.4, 0.5) is 0 Å². The fourth-order valence-corrected chi connectivity index (χ4v) is 3.43. The number of hydrogen-bond acceptors (Lipinski definition) is 1. The minimum Gasteiger partial charge on any atom is -0.346 e. The van der Waals surface area contributed by atoms with Crippen LogP contribution in [-0.4, -0.2) is 24.4 Å². The molecule has 0 bridgehead atoms. The predicted molar refractivity (Wildman–Crippen MR) is 91.4 cm³/mol. The average Bonchev–Trinajstić information content (AvgIpc) is 3.00. The third-order valence-electron chi connectivity index (χ3n) is 5.01. The lowest BCUT2D eigenvalue weighted by Gasteiger charge is -2.18. The van der Waals surface area contributed by atoms with Gasteiger partial charge >= 0.3 is 0 Å². The molecule has 1 aliphatic rings. The lowest BCUT2D eigenvalue weighted by molar-refractivity contribution is -0.130. The molecule has 0 saturated heterocycles. The smallest absolute Gasteiger partial charge is 0.222 e. The molecular weight excluding hydrogens is 258 g/mol. The summed E-state index contributed by atoms with van der Waals surface area (Å²) in [5.74, 6) is 1.20. The van der Waals surface area contributed by atoms with E-state index in [0.717, 1.165) is 25.3 Å². The van der Waals surface area contributed by atoms with Gasteiger partial charge in [0.15, 0.2) is 0 Å². The summed E-state index contributed by atoms with van der Waals surface area (Å²) in [5, 5.41) is 0. The molecule has 0 heterocycles. The van der Waals surface area contributed by atoms with E-state index in [2.05, 4.69) is 6.92 Å². The van der Waals surface area contributed by atoms with Gasteiger partial charge in [-0.05, 0) is 18.8 Å². The number of nitrogens with zero attached hydrogens (tertiary/aromatic N) is 1. The van der Waals surface area contributed by atoms with Crippen molar-refractivity contribution in [2.75, 3.05) is 13.6 Å². The van der Waals surface area contributed by atoms with E-state index in [1.54, 1.807) is 0 Å². The van der Waals surface area contributed by atoms with Crippen LogP contribution in [0.15, 0.2) is 0 Å². The molecule has 1 fully saturated rings. The summed E-state index contributed by atoms with van der Waals surface area (Å²) in [6.45, 7) is 3.22. The molecule has 1 rings (SSSR count). The van der Waals surface area contributed by atoms with Crippen molar-refractivity contribution in [1.82, 2.24) is 4.90 Å². The fraction of sp³-hybridized carbons (Fsp3) is 0.947. The molecule has 0 aromatic heterocycles. The van der Waals surface area contributed by atoms with Gasteiger partial charge in [0.05, 0.1) is 0 Å². The second kappa shape index (κ2) is 12.1. The first-order valence-corrected chi connectivity index (χ1v) is 9.48. The minimum absolute atomic E-state index is 0.366. The first-order chi connectivity index (χ1) is 10.2. The molecule has 0 atom stereocenters. The lowest BCUT2D eigenvalue weighted by Crippen LogP contribution is -2.27. The van der Waals surface area contributed by atoms with Crippen molar-refractivity contribution in [3.63, 3.8) is 0 Å². The van der Waals surface area contributed by atoms with Crippen LogP contribution in [0.1, 0.15) is 96.8 Å². The van der Waals surface area contributed by atoms with Gasteiger partial charge in [0.25, 0.3) is 0 Å². The van der Waals surface area contributed by atoms with Crippen molar-refractivity contribution in [3.05, 3.63) is 0 Å². The highest BCUT2D eigenvalue weighted by Gasteiger charge is 2.17. The van der Waals surface area contributed by atoms with E-state index in [1.165, 1.54) is 77.0 Å². The van der Waals surface area contributed by atoms with Gasteiger partial charge in [-0.15, -0.1) is 0 Å². The largest absolute Gasteiger partial charge is 0.346 e. The molecule has 0 unspecified atom stereocenters. The maximum atomic E-state index is 12.1. The van der Waals surface area contributed by atoms with Crippen molar-refractivity contribution in [1.29, 1.82) is 0 Å². The maximum absolute atomic E-state index is 12.1. The predicted octanol–water partition coefficient (Wildman–Crippen LogP) is 5.56. The summed E-state index contributed by atoms with van der Waals surface area (Å²) in [6.07, 6.45) is 18.1. The highest BCUT2D eigenvalue weighted by atomic mass is 16.2. The zero-order valence-corrected chi connectivity index (χ0v) is 14.5. The van der Waals surface area contributed by atoms with Gasteiger partial charge in [0.2, 0.25) is 5.91 Å². The Morgan fingerprint density at radius 1 is 0.952 bits per heavy atom. The average molecular weight is 296 g/mol. The molecule has 0 radical (unpaired) electrons. The molecule has 0 spiro atoms. The number of hydrogen-bond donors (Lipinski definition) is 0. The normalized spacial score (nSPS) is 15.5. The highest BCUT2D eigenvalue weighted by Crippen LogP contribution is 2.28. The molecule has 1 saturated carbocycles. The second-order valence-corrected chi connectivity index (χ2v) is 6.98. The summed E-state index contributed by atoms with van der Waals surface area (Å²) >= 11 is 0.